The van der Waals surface area contributed by atoms with Crippen molar-refractivity contribution >= 4 is 15.7 Å². The van der Waals surface area contributed by atoms with Crippen molar-refractivity contribution in [2.75, 3.05) is 4.72 Å². The van der Waals surface area contributed by atoms with Crippen LogP contribution in [-0.2, 0) is 10.0 Å². The summed E-state index contributed by atoms with van der Waals surface area (Å²) in [5.41, 5.74) is 0.346. The molecule has 0 saturated heterocycles. The van der Waals surface area contributed by atoms with E-state index >= 15 is 0 Å². The highest BCUT2D eigenvalue weighted by atomic mass is 32.2. The van der Waals surface area contributed by atoms with Crippen molar-refractivity contribution in [1.82, 2.24) is 14.5 Å². The number of benzene rings is 2. The lowest BCUT2D eigenvalue weighted by Crippen LogP contribution is -2.12. The molecule has 0 atom stereocenters. The minimum Gasteiger partial charge on any atom is -0.439 e. The summed E-state index contributed by atoms with van der Waals surface area (Å²) >= 11 is 0. The number of aryl methyl sites for hydroxylation is 1. The molecule has 9 heteroatoms. The SMILES string of the molecule is Cc1nc(Oc2ccc(NS(=O)(=O)c3ccc(F)cc3)cc2)cc(-n2cccc2)n1. The molecule has 0 unspecified atom stereocenters. The lowest BCUT2D eigenvalue weighted by molar-refractivity contribution is 0.459. The van der Waals surface area contributed by atoms with E-state index in [1.807, 2.05) is 29.1 Å². The number of sulfonamides is 1. The highest BCUT2D eigenvalue weighted by Crippen LogP contribution is 2.24. The molecule has 30 heavy (non-hydrogen) atoms. The summed E-state index contributed by atoms with van der Waals surface area (Å²) < 4.78 is 47.9. The van der Waals surface area contributed by atoms with Gasteiger partial charge in [0.05, 0.1) is 4.90 Å². The molecule has 0 amide bonds. The van der Waals surface area contributed by atoms with Crippen LogP contribution in [0.25, 0.3) is 5.82 Å². The normalized spacial score (nSPS) is 11.3. The van der Waals surface area contributed by atoms with Crippen LogP contribution in [0.1, 0.15) is 5.82 Å². The van der Waals surface area contributed by atoms with Crippen LogP contribution in [0.15, 0.2) is 84.0 Å². The zero-order chi connectivity index (χ0) is 21.1. The van der Waals surface area contributed by atoms with Gasteiger partial charge in [0.25, 0.3) is 10.0 Å². The van der Waals surface area contributed by atoms with Crippen molar-refractivity contribution in [3.63, 3.8) is 0 Å². The number of nitrogens with zero attached hydrogens (tertiary/aromatic N) is 3. The summed E-state index contributed by atoms with van der Waals surface area (Å²) in [5.74, 6) is 1.57. The molecular weight excluding hydrogens is 407 g/mol. The second kappa shape index (κ2) is 7.96. The van der Waals surface area contributed by atoms with Crippen LogP contribution in [0.4, 0.5) is 10.1 Å². The first-order valence-corrected chi connectivity index (χ1v) is 10.4. The van der Waals surface area contributed by atoms with Crippen molar-refractivity contribution in [2.45, 2.75) is 11.8 Å². The van der Waals surface area contributed by atoms with E-state index in [1.165, 1.54) is 12.1 Å². The molecule has 0 saturated carbocycles. The van der Waals surface area contributed by atoms with E-state index in [4.69, 9.17) is 4.74 Å². The Hall–Kier alpha value is -3.72. The van der Waals surface area contributed by atoms with Gasteiger partial charge in [0.2, 0.25) is 5.88 Å². The summed E-state index contributed by atoms with van der Waals surface area (Å²) in [6.45, 7) is 1.77. The molecule has 0 radical (unpaired) electrons. The Morgan fingerprint density at radius 1 is 0.967 bits per heavy atom. The second-order valence-electron chi connectivity index (χ2n) is 6.39. The summed E-state index contributed by atoms with van der Waals surface area (Å²) in [5, 5.41) is 0. The zero-order valence-electron chi connectivity index (χ0n) is 15.9. The molecule has 4 rings (SSSR count). The molecule has 0 aliphatic heterocycles. The van der Waals surface area contributed by atoms with Crippen molar-refractivity contribution in [3.8, 4) is 17.4 Å². The predicted molar refractivity (Wildman–Crippen MR) is 110 cm³/mol. The molecule has 0 aliphatic carbocycles. The molecule has 2 aromatic heterocycles. The molecule has 0 fully saturated rings. The number of hydrogen-bond acceptors (Lipinski definition) is 5. The van der Waals surface area contributed by atoms with E-state index < -0.39 is 15.8 Å². The van der Waals surface area contributed by atoms with Gasteiger partial charge in [0, 0.05) is 24.1 Å². The van der Waals surface area contributed by atoms with Crippen molar-refractivity contribution < 1.29 is 17.5 Å². The topological polar surface area (TPSA) is 86.1 Å². The van der Waals surface area contributed by atoms with Gasteiger partial charge in [-0.3, -0.25) is 4.72 Å². The Bertz CT molecular complexity index is 1260. The third-order valence-electron chi connectivity index (χ3n) is 4.12. The Morgan fingerprint density at radius 3 is 2.30 bits per heavy atom. The minimum atomic E-state index is -3.82. The van der Waals surface area contributed by atoms with E-state index in [-0.39, 0.29) is 4.90 Å². The standard InChI is InChI=1S/C21H17FN4O3S/c1-15-23-20(26-12-2-3-13-26)14-21(24-15)29-18-8-6-17(7-9-18)25-30(27,28)19-10-4-16(22)5-11-19/h2-14,25H,1H3. The maximum atomic E-state index is 13.0. The maximum Gasteiger partial charge on any atom is 0.261 e. The molecule has 4 aromatic rings. The Kier molecular flexibility index (Phi) is 5.20. The average molecular weight is 424 g/mol. The lowest BCUT2D eigenvalue weighted by atomic mass is 10.3. The Balaban J connectivity index is 1.50. The van der Waals surface area contributed by atoms with Crippen LogP contribution in [0.2, 0.25) is 0 Å². The van der Waals surface area contributed by atoms with E-state index in [1.54, 1.807) is 37.3 Å². The van der Waals surface area contributed by atoms with Gasteiger partial charge in [0.15, 0.2) is 0 Å². The lowest BCUT2D eigenvalue weighted by Gasteiger charge is -2.10. The third-order valence-corrected chi connectivity index (χ3v) is 5.52. The third kappa shape index (κ3) is 4.47. The number of rotatable bonds is 6. The Morgan fingerprint density at radius 2 is 1.63 bits per heavy atom. The molecule has 0 aliphatic rings. The first-order chi connectivity index (χ1) is 14.4. The van der Waals surface area contributed by atoms with Gasteiger partial charge in [-0.25, -0.2) is 17.8 Å². The molecule has 1 N–H and O–H groups in total. The number of halogens is 1. The van der Waals surface area contributed by atoms with Gasteiger partial charge >= 0.3 is 0 Å². The first-order valence-electron chi connectivity index (χ1n) is 8.94. The van der Waals surface area contributed by atoms with Gasteiger partial charge in [-0.05, 0) is 67.6 Å². The number of nitrogens with one attached hydrogen (secondary N) is 1. The highest BCUT2D eigenvalue weighted by molar-refractivity contribution is 7.92. The average Bonchev–Trinajstić information content (AvgIpc) is 3.24. The van der Waals surface area contributed by atoms with Gasteiger partial charge in [-0.1, -0.05) is 0 Å². The minimum absolute atomic E-state index is 0.0294. The first kappa shape index (κ1) is 19.6. The predicted octanol–water partition coefficient (Wildman–Crippen LogP) is 4.31. The van der Waals surface area contributed by atoms with E-state index in [9.17, 15) is 12.8 Å². The van der Waals surface area contributed by atoms with Gasteiger partial charge < -0.3 is 9.30 Å². The van der Waals surface area contributed by atoms with E-state index in [0.717, 1.165) is 12.1 Å². The molecule has 2 heterocycles. The summed E-state index contributed by atoms with van der Waals surface area (Å²) in [6.07, 6.45) is 3.74. The van der Waals surface area contributed by atoms with Crippen LogP contribution < -0.4 is 9.46 Å². The molecule has 7 nitrogen and oxygen atoms in total. The quantitative estimate of drug-likeness (QED) is 0.499. The summed E-state index contributed by atoms with van der Waals surface area (Å²) in [4.78, 5) is 8.63. The zero-order valence-corrected chi connectivity index (χ0v) is 16.7. The van der Waals surface area contributed by atoms with Crippen molar-refractivity contribution in [3.05, 3.63) is 90.8 Å². The molecule has 152 valence electrons. The molecular formula is C21H17FN4O3S. The fourth-order valence-corrected chi connectivity index (χ4v) is 3.80. The van der Waals surface area contributed by atoms with Crippen molar-refractivity contribution in [2.24, 2.45) is 0 Å². The van der Waals surface area contributed by atoms with Crippen molar-refractivity contribution in [1.29, 1.82) is 0 Å². The number of hydrogen-bond donors (Lipinski definition) is 1. The highest BCUT2D eigenvalue weighted by Gasteiger charge is 2.14. The largest absolute Gasteiger partial charge is 0.439 e. The summed E-state index contributed by atoms with van der Waals surface area (Å²) in [6, 6.07) is 16.5. The fraction of sp³-hybridized carbons (Fsp3) is 0.0476. The van der Waals surface area contributed by atoms with Gasteiger partial charge in [0.1, 0.15) is 23.2 Å². The van der Waals surface area contributed by atoms with Crippen LogP contribution in [0, 0.1) is 12.7 Å². The Labute approximate surface area is 172 Å². The van der Waals surface area contributed by atoms with Crippen LogP contribution in [0.3, 0.4) is 0 Å². The monoisotopic (exact) mass is 424 g/mol. The number of ether oxygens (including phenoxy) is 1. The number of aromatic nitrogens is 3. The molecule has 0 spiro atoms. The van der Waals surface area contributed by atoms with Gasteiger partial charge in [-0.15, -0.1) is 0 Å². The van der Waals surface area contributed by atoms with Crippen LogP contribution in [-0.4, -0.2) is 23.0 Å². The maximum absolute atomic E-state index is 13.0. The number of anilines is 1. The summed E-state index contributed by atoms with van der Waals surface area (Å²) in [7, 11) is -3.82. The smallest absolute Gasteiger partial charge is 0.261 e. The van der Waals surface area contributed by atoms with E-state index in [0.29, 0.717) is 29.0 Å². The van der Waals surface area contributed by atoms with Crippen LogP contribution >= 0.6 is 0 Å². The van der Waals surface area contributed by atoms with Crippen LogP contribution in [0.5, 0.6) is 11.6 Å². The van der Waals surface area contributed by atoms with E-state index in [2.05, 4.69) is 14.7 Å². The van der Waals surface area contributed by atoms with Gasteiger partial charge in [-0.2, -0.15) is 4.98 Å². The molecule has 2 aromatic carbocycles. The fourth-order valence-electron chi connectivity index (χ4n) is 2.74. The second-order valence-corrected chi connectivity index (χ2v) is 8.07. The molecule has 0 bridgehead atoms.